The molecule has 0 heterocycles. The molecular weight excluding hydrogens is 236 g/mol. The molecule has 0 aliphatic carbocycles. The first-order valence-corrected chi connectivity index (χ1v) is 6.27. The van der Waals surface area contributed by atoms with Gasteiger partial charge in [-0.2, -0.15) is 0 Å². The third-order valence-corrected chi connectivity index (χ3v) is 2.87. The molecule has 0 fully saturated rings. The van der Waals surface area contributed by atoms with Gasteiger partial charge in [-0.1, -0.05) is 36.7 Å². The molecule has 1 unspecified atom stereocenters. The van der Waals surface area contributed by atoms with Gasteiger partial charge in [-0.25, -0.2) is 0 Å². The number of amides is 1. The molecule has 0 radical (unpaired) electrons. The monoisotopic (exact) mass is 254 g/mol. The van der Waals surface area contributed by atoms with Crippen molar-refractivity contribution in [3.8, 4) is 0 Å². The van der Waals surface area contributed by atoms with E-state index in [0.717, 1.165) is 12.1 Å². The molecule has 1 atom stereocenters. The summed E-state index contributed by atoms with van der Waals surface area (Å²) < 4.78 is 0. The van der Waals surface area contributed by atoms with E-state index in [1.807, 2.05) is 38.1 Å². The summed E-state index contributed by atoms with van der Waals surface area (Å²) >= 11 is 6.07. The van der Waals surface area contributed by atoms with Crippen molar-refractivity contribution >= 4 is 17.5 Å². The second-order valence-electron chi connectivity index (χ2n) is 3.91. The minimum absolute atomic E-state index is 0.0402. The molecule has 1 amide bonds. The van der Waals surface area contributed by atoms with Crippen molar-refractivity contribution in [1.82, 2.24) is 10.6 Å². The summed E-state index contributed by atoms with van der Waals surface area (Å²) in [5.41, 5.74) is 0.950. The lowest BCUT2D eigenvalue weighted by Gasteiger charge is -2.15. The fourth-order valence-electron chi connectivity index (χ4n) is 1.60. The van der Waals surface area contributed by atoms with Gasteiger partial charge in [-0.05, 0) is 25.1 Å². The second-order valence-corrected chi connectivity index (χ2v) is 4.32. The van der Waals surface area contributed by atoms with Crippen LogP contribution in [0.25, 0.3) is 0 Å². The smallest absolute Gasteiger partial charge is 0.221 e. The van der Waals surface area contributed by atoms with E-state index in [1.54, 1.807) is 0 Å². The highest BCUT2D eigenvalue weighted by Gasteiger charge is 2.11. The van der Waals surface area contributed by atoms with Crippen LogP contribution in [0.5, 0.6) is 0 Å². The summed E-state index contributed by atoms with van der Waals surface area (Å²) in [5, 5.41) is 6.74. The summed E-state index contributed by atoms with van der Waals surface area (Å²) in [5.74, 6) is 0.0402. The van der Waals surface area contributed by atoms with Crippen LogP contribution in [0.15, 0.2) is 24.3 Å². The summed E-state index contributed by atoms with van der Waals surface area (Å²) in [6, 6.07) is 7.50. The quantitative estimate of drug-likeness (QED) is 0.766. The van der Waals surface area contributed by atoms with E-state index < -0.39 is 0 Å². The van der Waals surface area contributed by atoms with Gasteiger partial charge in [0.05, 0.1) is 6.04 Å². The molecule has 0 saturated heterocycles. The topological polar surface area (TPSA) is 41.1 Å². The third-order valence-electron chi connectivity index (χ3n) is 2.53. The lowest BCUT2D eigenvalue weighted by Crippen LogP contribution is -2.29. The average molecular weight is 255 g/mol. The summed E-state index contributed by atoms with van der Waals surface area (Å²) in [6.45, 7) is 5.54. The van der Waals surface area contributed by atoms with Crippen LogP contribution in [-0.2, 0) is 4.79 Å². The van der Waals surface area contributed by atoms with Gasteiger partial charge in [0.1, 0.15) is 0 Å². The molecule has 0 saturated carbocycles. The van der Waals surface area contributed by atoms with Crippen LogP contribution in [0.3, 0.4) is 0 Å². The fraction of sp³-hybridized carbons (Fsp3) is 0.462. The van der Waals surface area contributed by atoms with Crippen molar-refractivity contribution in [1.29, 1.82) is 0 Å². The second kappa shape index (κ2) is 7.30. The van der Waals surface area contributed by atoms with Crippen molar-refractivity contribution in [2.75, 3.05) is 13.1 Å². The Labute approximate surface area is 108 Å². The van der Waals surface area contributed by atoms with Gasteiger partial charge < -0.3 is 10.6 Å². The minimum Gasteiger partial charge on any atom is -0.349 e. The highest BCUT2D eigenvalue weighted by atomic mass is 35.5. The van der Waals surface area contributed by atoms with Gasteiger partial charge in [0.25, 0.3) is 0 Å². The Kier molecular flexibility index (Phi) is 6.01. The Bertz CT molecular complexity index is 368. The van der Waals surface area contributed by atoms with Crippen LogP contribution < -0.4 is 10.6 Å². The normalized spacial score (nSPS) is 12.2. The molecule has 17 heavy (non-hydrogen) atoms. The first kappa shape index (κ1) is 14.0. The summed E-state index contributed by atoms with van der Waals surface area (Å²) in [6.07, 6.45) is 0.489. The molecule has 4 heteroatoms. The van der Waals surface area contributed by atoms with E-state index in [4.69, 9.17) is 11.6 Å². The number of hydrogen-bond donors (Lipinski definition) is 2. The minimum atomic E-state index is -0.0576. The molecule has 0 bridgehead atoms. The van der Waals surface area contributed by atoms with E-state index in [2.05, 4.69) is 10.6 Å². The van der Waals surface area contributed by atoms with Crippen LogP contribution in [-0.4, -0.2) is 19.0 Å². The molecule has 0 spiro atoms. The van der Waals surface area contributed by atoms with E-state index in [1.165, 1.54) is 0 Å². The first-order chi connectivity index (χ1) is 8.15. The number of carbonyl (C=O) groups excluding carboxylic acids is 1. The molecular formula is C13H19ClN2O. The van der Waals surface area contributed by atoms with Crippen molar-refractivity contribution in [2.45, 2.75) is 26.3 Å². The van der Waals surface area contributed by atoms with Gasteiger partial charge in [0.15, 0.2) is 0 Å². The highest BCUT2D eigenvalue weighted by molar-refractivity contribution is 6.31. The van der Waals surface area contributed by atoms with Gasteiger partial charge in [0.2, 0.25) is 5.91 Å². The highest BCUT2D eigenvalue weighted by Crippen LogP contribution is 2.21. The van der Waals surface area contributed by atoms with E-state index >= 15 is 0 Å². The molecule has 94 valence electrons. The van der Waals surface area contributed by atoms with Gasteiger partial charge in [-0.3, -0.25) is 4.79 Å². The van der Waals surface area contributed by atoms with Crippen LogP contribution in [0, 0.1) is 0 Å². The molecule has 0 aliphatic rings. The maximum atomic E-state index is 11.6. The van der Waals surface area contributed by atoms with Crippen molar-refractivity contribution in [2.24, 2.45) is 0 Å². The first-order valence-electron chi connectivity index (χ1n) is 5.89. The van der Waals surface area contributed by atoms with Crippen LogP contribution >= 0.6 is 11.6 Å². The predicted molar refractivity (Wildman–Crippen MR) is 71.2 cm³/mol. The Morgan fingerprint density at radius 2 is 2.12 bits per heavy atom. The van der Waals surface area contributed by atoms with Crippen LogP contribution in [0.2, 0.25) is 5.02 Å². The number of rotatable bonds is 6. The number of nitrogens with one attached hydrogen (secondary N) is 2. The Balaban J connectivity index is 2.46. The van der Waals surface area contributed by atoms with Crippen LogP contribution in [0.1, 0.15) is 31.9 Å². The van der Waals surface area contributed by atoms with Crippen molar-refractivity contribution in [3.63, 3.8) is 0 Å². The van der Waals surface area contributed by atoms with Gasteiger partial charge in [-0.15, -0.1) is 0 Å². The Morgan fingerprint density at radius 1 is 1.41 bits per heavy atom. The molecule has 2 N–H and O–H groups in total. The van der Waals surface area contributed by atoms with Crippen LogP contribution in [0.4, 0.5) is 0 Å². The predicted octanol–water partition coefficient (Wildman–Crippen LogP) is 2.52. The Morgan fingerprint density at radius 3 is 2.76 bits per heavy atom. The molecule has 1 rings (SSSR count). The lowest BCUT2D eigenvalue weighted by molar-refractivity contribution is -0.121. The molecule has 1 aromatic rings. The maximum absolute atomic E-state index is 11.6. The van der Waals surface area contributed by atoms with Crippen molar-refractivity contribution in [3.05, 3.63) is 34.9 Å². The lowest BCUT2D eigenvalue weighted by atomic mass is 10.1. The van der Waals surface area contributed by atoms with Gasteiger partial charge in [0, 0.05) is 18.0 Å². The molecule has 1 aromatic carbocycles. The Hall–Kier alpha value is -1.06. The number of carbonyl (C=O) groups is 1. The number of benzene rings is 1. The van der Waals surface area contributed by atoms with E-state index in [9.17, 15) is 4.79 Å². The zero-order valence-corrected chi connectivity index (χ0v) is 11.1. The summed E-state index contributed by atoms with van der Waals surface area (Å²) in [4.78, 5) is 11.6. The zero-order valence-electron chi connectivity index (χ0n) is 10.3. The third kappa shape index (κ3) is 4.75. The van der Waals surface area contributed by atoms with E-state index in [-0.39, 0.29) is 11.9 Å². The standard InChI is InChI=1S/C13H19ClN2O/c1-3-15-9-8-13(17)16-10(2)11-6-4-5-7-12(11)14/h4-7,10,15H,3,8-9H2,1-2H3,(H,16,17). The maximum Gasteiger partial charge on any atom is 0.221 e. The average Bonchev–Trinajstić information content (AvgIpc) is 2.29. The molecule has 3 nitrogen and oxygen atoms in total. The van der Waals surface area contributed by atoms with Crippen molar-refractivity contribution < 1.29 is 4.79 Å². The molecule has 0 aliphatic heterocycles. The summed E-state index contributed by atoms with van der Waals surface area (Å²) in [7, 11) is 0. The van der Waals surface area contributed by atoms with Gasteiger partial charge >= 0.3 is 0 Å². The largest absolute Gasteiger partial charge is 0.349 e. The fourth-order valence-corrected chi connectivity index (χ4v) is 1.90. The zero-order chi connectivity index (χ0) is 12.7. The number of hydrogen-bond acceptors (Lipinski definition) is 2. The number of halogens is 1. The SMILES string of the molecule is CCNCCC(=O)NC(C)c1ccccc1Cl. The van der Waals surface area contributed by atoms with E-state index in [0.29, 0.717) is 18.0 Å². The molecule has 0 aromatic heterocycles.